The molecule has 0 spiro atoms. The fourth-order valence-electron chi connectivity index (χ4n) is 3.30. The number of hydrogen-bond donors (Lipinski definition) is 0. The molecule has 0 radical (unpaired) electrons. The van der Waals surface area contributed by atoms with Crippen LogP contribution in [0.2, 0.25) is 0 Å². The normalized spacial score (nSPS) is 17.5. The van der Waals surface area contributed by atoms with Crippen LogP contribution in [0, 0.1) is 0 Å². The molecule has 1 aromatic rings. The monoisotopic (exact) mass is 279 g/mol. The predicted molar refractivity (Wildman–Crippen MR) is 73.3 cm³/mol. The molecule has 0 N–H and O–H groups in total. The van der Waals surface area contributed by atoms with E-state index >= 15 is 0 Å². The number of hydrogen-bond acceptors (Lipinski definition) is 3. The van der Waals surface area contributed by atoms with Crippen LogP contribution in [0.5, 0.6) is 0 Å². The van der Waals surface area contributed by atoms with Gasteiger partial charge in [0.15, 0.2) is 9.84 Å². The second-order valence-corrected chi connectivity index (χ2v) is 7.37. The van der Waals surface area contributed by atoms with Crippen LogP contribution in [0.1, 0.15) is 30.0 Å². The minimum Gasteiger partial charge on any atom is -0.312 e. The van der Waals surface area contributed by atoms with Gasteiger partial charge in [-0.25, -0.2) is 8.42 Å². The minimum atomic E-state index is -3.19. The van der Waals surface area contributed by atoms with Gasteiger partial charge in [-0.3, -0.25) is 4.79 Å². The third-order valence-electron chi connectivity index (χ3n) is 4.06. The van der Waals surface area contributed by atoms with Crippen molar-refractivity contribution in [3.8, 4) is 0 Å². The molecule has 0 atom stereocenters. The Hall–Kier alpha value is -1.36. The quantitative estimate of drug-likeness (QED) is 0.782. The number of anilines is 1. The molecule has 3 rings (SSSR count). The fraction of sp³-hybridized carbons (Fsp3) is 0.500. The lowest BCUT2D eigenvalue weighted by atomic mass is 10.0. The molecule has 0 aromatic heterocycles. The summed E-state index contributed by atoms with van der Waals surface area (Å²) in [4.78, 5) is 14.0. The zero-order valence-electron chi connectivity index (χ0n) is 11.2. The lowest BCUT2D eigenvalue weighted by molar-refractivity contribution is -0.116. The van der Waals surface area contributed by atoms with E-state index in [2.05, 4.69) is 0 Å². The van der Waals surface area contributed by atoms with Gasteiger partial charge in [-0.2, -0.15) is 0 Å². The molecular formula is C14H17NO3S. The van der Waals surface area contributed by atoms with Gasteiger partial charge in [0.25, 0.3) is 0 Å². The molecule has 0 unspecified atom stereocenters. The van der Waals surface area contributed by atoms with Gasteiger partial charge >= 0.3 is 0 Å². The van der Waals surface area contributed by atoms with Gasteiger partial charge in [-0.05, 0) is 48.4 Å². The Balaban J connectivity index is 2.28. The average Bonchev–Trinajstić information content (AvgIpc) is 2.91. The van der Waals surface area contributed by atoms with E-state index in [0.29, 0.717) is 11.4 Å². The van der Waals surface area contributed by atoms with E-state index in [4.69, 9.17) is 0 Å². The summed E-state index contributed by atoms with van der Waals surface area (Å²) in [5.74, 6) is 0.0416. The van der Waals surface area contributed by atoms with Crippen molar-refractivity contribution >= 4 is 21.4 Å². The molecular weight excluding hydrogens is 262 g/mol. The first kappa shape index (κ1) is 12.7. The maximum atomic E-state index is 11.9. The highest BCUT2D eigenvalue weighted by Crippen LogP contribution is 2.41. The number of sulfone groups is 1. The van der Waals surface area contributed by atoms with E-state index in [1.54, 1.807) is 17.9 Å². The van der Waals surface area contributed by atoms with Crippen LogP contribution in [0.3, 0.4) is 0 Å². The van der Waals surface area contributed by atoms with Crippen molar-refractivity contribution in [2.45, 2.75) is 37.5 Å². The van der Waals surface area contributed by atoms with Gasteiger partial charge in [0.2, 0.25) is 5.91 Å². The molecule has 1 aliphatic heterocycles. The van der Waals surface area contributed by atoms with Gasteiger partial charge in [-0.15, -0.1) is 0 Å². The van der Waals surface area contributed by atoms with Gasteiger partial charge in [0.05, 0.1) is 10.6 Å². The first-order valence-electron chi connectivity index (χ1n) is 6.55. The van der Waals surface area contributed by atoms with Gasteiger partial charge in [0.1, 0.15) is 0 Å². The predicted octanol–water partition coefficient (Wildman–Crippen LogP) is 1.49. The summed E-state index contributed by atoms with van der Waals surface area (Å²) in [7, 11) is -3.19. The highest BCUT2D eigenvalue weighted by molar-refractivity contribution is 7.90. The van der Waals surface area contributed by atoms with E-state index in [-0.39, 0.29) is 5.91 Å². The Morgan fingerprint density at radius 2 is 1.89 bits per heavy atom. The van der Waals surface area contributed by atoms with E-state index in [1.165, 1.54) is 6.26 Å². The lowest BCUT2D eigenvalue weighted by Gasteiger charge is -2.19. The van der Waals surface area contributed by atoms with E-state index in [1.807, 2.05) is 0 Å². The highest BCUT2D eigenvalue weighted by atomic mass is 32.2. The molecule has 1 aromatic carbocycles. The van der Waals surface area contributed by atoms with Crippen LogP contribution in [-0.2, 0) is 33.9 Å². The van der Waals surface area contributed by atoms with Crippen molar-refractivity contribution in [3.63, 3.8) is 0 Å². The molecule has 1 amide bonds. The molecule has 5 heteroatoms. The highest BCUT2D eigenvalue weighted by Gasteiger charge is 2.32. The first-order valence-corrected chi connectivity index (χ1v) is 8.44. The molecule has 0 saturated heterocycles. The molecule has 4 nitrogen and oxygen atoms in total. The third-order valence-corrected chi connectivity index (χ3v) is 5.23. The van der Waals surface area contributed by atoms with Crippen molar-refractivity contribution in [2.24, 2.45) is 0 Å². The summed E-state index contributed by atoms with van der Waals surface area (Å²) >= 11 is 0. The van der Waals surface area contributed by atoms with Crippen molar-refractivity contribution in [1.82, 2.24) is 0 Å². The van der Waals surface area contributed by atoms with Crippen LogP contribution in [0.15, 0.2) is 11.0 Å². The van der Waals surface area contributed by atoms with E-state index in [9.17, 15) is 13.2 Å². The topological polar surface area (TPSA) is 54.5 Å². The SMILES string of the molecule is CC(=O)N1CCc2cc(S(C)(=O)=O)c3c(c21)CCC3. The average molecular weight is 279 g/mol. The van der Waals surface area contributed by atoms with Crippen LogP contribution < -0.4 is 4.90 Å². The number of fused-ring (bicyclic) bond motifs is 3. The number of carbonyl (C=O) groups excluding carboxylic acids is 1. The summed E-state index contributed by atoms with van der Waals surface area (Å²) in [5, 5.41) is 0. The largest absolute Gasteiger partial charge is 0.312 e. The van der Waals surface area contributed by atoms with Gasteiger partial charge in [0, 0.05) is 19.7 Å². The molecule has 0 fully saturated rings. The third kappa shape index (κ3) is 1.87. The number of nitrogens with zero attached hydrogens (tertiary/aromatic N) is 1. The Labute approximate surface area is 113 Å². The summed E-state index contributed by atoms with van der Waals surface area (Å²) in [6.45, 7) is 2.24. The summed E-state index contributed by atoms with van der Waals surface area (Å²) in [5.41, 5.74) is 4.03. The second-order valence-electron chi connectivity index (χ2n) is 5.39. The summed E-state index contributed by atoms with van der Waals surface area (Å²) in [6.07, 6.45) is 4.68. The molecule has 0 saturated carbocycles. The molecule has 1 aliphatic carbocycles. The van der Waals surface area contributed by atoms with Crippen LogP contribution in [0.4, 0.5) is 5.69 Å². The van der Waals surface area contributed by atoms with Crippen LogP contribution >= 0.6 is 0 Å². The summed E-state index contributed by atoms with van der Waals surface area (Å²) < 4.78 is 23.9. The number of amides is 1. The molecule has 102 valence electrons. The Morgan fingerprint density at radius 1 is 1.21 bits per heavy atom. The van der Waals surface area contributed by atoms with Crippen molar-refractivity contribution in [1.29, 1.82) is 0 Å². The van der Waals surface area contributed by atoms with Gasteiger partial charge < -0.3 is 4.90 Å². The van der Waals surface area contributed by atoms with E-state index in [0.717, 1.165) is 48.1 Å². The molecule has 2 aliphatic rings. The number of benzene rings is 1. The fourth-order valence-corrected chi connectivity index (χ4v) is 4.33. The molecule has 1 heterocycles. The minimum absolute atomic E-state index is 0.0416. The molecule has 19 heavy (non-hydrogen) atoms. The van der Waals surface area contributed by atoms with Crippen molar-refractivity contribution < 1.29 is 13.2 Å². The lowest BCUT2D eigenvalue weighted by Crippen LogP contribution is -2.26. The van der Waals surface area contributed by atoms with Crippen LogP contribution in [-0.4, -0.2) is 27.1 Å². The maximum absolute atomic E-state index is 11.9. The standard InChI is InChI=1S/C14H17NO3S/c1-9(16)15-7-6-10-8-13(19(2,17)18)11-4-3-5-12(11)14(10)15/h8H,3-7H2,1-2H3. The smallest absolute Gasteiger partial charge is 0.223 e. The molecule has 0 bridgehead atoms. The Morgan fingerprint density at radius 3 is 2.53 bits per heavy atom. The number of rotatable bonds is 1. The zero-order valence-corrected chi connectivity index (χ0v) is 12.0. The second kappa shape index (κ2) is 4.07. The van der Waals surface area contributed by atoms with Gasteiger partial charge in [-0.1, -0.05) is 0 Å². The Bertz CT molecular complexity index is 676. The number of carbonyl (C=O) groups is 1. The Kier molecular flexibility index (Phi) is 2.71. The summed E-state index contributed by atoms with van der Waals surface area (Å²) in [6, 6.07) is 1.79. The maximum Gasteiger partial charge on any atom is 0.223 e. The first-order chi connectivity index (χ1) is 8.89. The van der Waals surface area contributed by atoms with E-state index < -0.39 is 9.84 Å². The van der Waals surface area contributed by atoms with Crippen molar-refractivity contribution in [3.05, 3.63) is 22.8 Å². The zero-order chi connectivity index (χ0) is 13.8. The van der Waals surface area contributed by atoms with Crippen LogP contribution in [0.25, 0.3) is 0 Å². The van der Waals surface area contributed by atoms with Crippen molar-refractivity contribution in [2.75, 3.05) is 17.7 Å².